The molecule has 5 nitrogen and oxygen atoms in total. The Morgan fingerprint density at radius 1 is 1.32 bits per heavy atom. The van der Waals surface area contributed by atoms with Crippen molar-refractivity contribution in [2.45, 2.75) is 32.2 Å². The molecule has 5 heteroatoms. The molecule has 1 aliphatic heterocycles. The van der Waals surface area contributed by atoms with Gasteiger partial charge in [-0.3, -0.25) is 4.90 Å². The molecule has 2 heterocycles. The Kier molecular flexibility index (Phi) is 4.85. The van der Waals surface area contributed by atoms with Crippen LogP contribution in [0.15, 0.2) is 36.5 Å². The van der Waals surface area contributed by atoms with Crippen molar-refractivity contribution in [3.05, 3.63) is 42.2 Å². The Morgan fingerprint density at radius 3 is 2.91 bits per heavy atom. The minimum atomic E-state index is 0.263. The molecule has 2 aromatic rings. The summed E-state index contributed by atoms with van der Waals surface area (Å²) in [5, 5.41) is 17.8. The van der Waals surface area contributed by atoms with E-state index in [1.165, 1.54) is 12.8 Å². The summed E-state index contributed by atoms with van der Waals surface area (Å²) in [7, 11) is 0. The Hall–Kier alpha value is -1.72. The zero-order chi connectivity index (χ0) is 15.4. The second-order valence-corrected chi connectivity index (χ2v) is 6.11. The molecule has 0 saturated carbocycles. The maximum absolute atomic E-state index is 9.15. The van der Waals surface area contributed by atoms with Gasteiger partial charge < -0.3 is 5.11 Å². The highest BCUT2D eigenvalue weighted by atomic mass is 16.3. The summed E-state index contributed by atoms with van der Waals surface area (Å²) in [5.41, 5.74) is 2.04. The molecule has 1 aromatic heterocycles. The molecular formula is C17H24N4O. The normalized spacial score (nSPS) is 20.9. The maximum Gasteiger partial charge on any atom is 0.1000 e. The SMILES string of the molecule is CC(c1cn(-c2ccccc2)nn1)N1CCCC(CCO)C1. The maximum atomic E-state index is 9.15. The molecule has 2 atom stereocenters. The van der Waals surface area contributed by atoms with Crippen LogP contribution in [0.4, 0.5) is 0 Å². The number of hydrogen-bond donors (Lipinski definition) is 1. The molecule has 1 aliphatic rings. The first-order chi connectivity index (χ1) is 10.8. The van der Waals surface area contributed by atoms with E-state index in [4.69, 9.17) is 5.11 Å². The number of aliphatic hydroxyl groups excluding tert-OH is 1. The number of aliphatic hydroxyl groups is 1. The van der Waals surface area contributed by atoms with Gasteiger partial charge >= 0.3 is 0 Å². The van der Waals surface area contributed by atoms with E-state index in [0.29, 0.717) is 5.92 Å². The molecular weight excluding hydrogens is 276 g/mol. The zero-order valence-corrected chi connectivity index (χ0v) is 13.1. The Balaban J connectivity index is 1.70. The van der Waals surface area contributed by atoms with Gasteiger partial charge in [0.1, 0.15) is 0 Å². The highest BCUT2D eigenvalue weighted by molar-refractivity contribution is 5.30. The monoisotopic (exact) mass is 300 g/mol. The molecule has 1 aromatic carbocycles. The van der Waals surface area contributed by atoms with E-state index in [9.17, 15) is 0 Å². The summed E-state index contributed by atoms with van der Waals surface area (Å²) in [5.74, 6) is 0.602. The minimum absolute atomic E-state index is 0.263. The molecule has 1 fully saturated rings. The topological polar surface area (TPSA) is 54.2 Å². The Morgan fingerprint density at radius 2 is 2.14 bits per heavy atom. The molecule has 0 spiro atoms. The largest absolute Gasteiger partial charge is 0.396 e. The van der Waals surface area contributed by atoms with E-state index in [0.717, 1.165) is 30.9 Å². The van der Waals surface area contributed by atoms with Crippen LogP contribution in [0, 0.1) is 5.92 Å². The molecule has 22 heavy (non-hydrogen) atoms. The number of piperidine rings is 1. The van der Waals surface area contributed by atoms with E-state index in [-0.39, 0.29) is 12.6 Å². The van der Waals surface area contributed by atoms with Gasteiger partial charge in [0.2, 0.25) is 0 Å². The highest BCUT2D eigenvalue weighted by Crippen LogP contribution is 2.27. The fourth-order valence-corrected chi connectivity index (χ4v) is 3.23. The third kappa shape index (κ3) is 3.36. The molecule has 0 amide bonds. The van der Waals surface area contributed by atoms with Crippen molar-refractivity contribution in [2.24, 2.45) is 5.92 Å². The summed E-state index contributed by atoms with van der Waals surface area (Å²) < 4.78 is 1.83. The van der Waals surface area contributed by atoms with Crippen molar-refractivity contribution in [3.8, 4) is 5.69 Å². The van der Waals surface area contributed by atoms with Gasteiger partial charge in [-0.2, -0.15) is 0 Å². The van der Waals surface area contributed by atoms with Crippen LogP contribution in [0.2, 0.25) is 0 Å². The van der Waals surface area contributed by atoms with E-state index in [1.807, 2.05) is 41.2 Å². The second kappa shape index (κ2) is 7.03. The fraction of sp³-hybridized carbons (Fsp3) is 0.529. The van der Waals surface area contributed by atoms with Gasteiger partial charge in [0.15, 0.2) is 0 Å². The van der Waals surface area contributed by atoms with Crippen molar-refractivity contribution in [1.29, 1.82) is 0 Å². The predicted molar refractivity (Wildman–Crippen MR) is 85.8 cm³/mol. The smallest absolute Gasteiger partial charge is 0.1000 e. The number of likely N-dealkylation sites (tertiary alicyclic amines) is 1. The first-order valence-corrected chi connectivity index (χ1v) is 8.10. The Bertz CT molecular complexity index is 581. The average Bonchev–Trinajstić information content (AvgIpc) is 3.05. The first kappa shape index (κ1) is 15.2. The van der Waals surface area contributed by atoms with Crippen molar-refractivity contribution >= 4 is 0 Å². The number of aromatic nitrogens is 3. The number of nitrogens with zero attached hydrogens (tertiary/aromatic N) is 4. The molecule has 1 N–H and O–H groups in total. The van der Waals surface area contributed by atoms with Crippen LogP contribution in [0.1, 0.15) is 37.9 Å². The predicted octanol–water partition coefficient (Wildman–Crippen LogP) is 2.42. The lowest BCUT2D eigenvalue weighted by molar-refractivity contribution is 0.113. The third-order valence-electron chi connectivity index (χ3n) is 4.60. The van der Waals surface area contributed by atoms with Gasteiger partial charge in [0.25, 0.3) is 0 Å². The van der Waals surface area contributed by atoms with Crippen molar-refractivity contribution in [2.75, 3.05) is 19.7 Å². The quantitative estimate of drug-likeness (QED) is 0.921. The van der Waals surface area contributed by atoms with Crippen LogP contribution in [0.5, 0.6) is 0 Å². The molecule has 0 aliphatic carbocycles. The van der Waals surface area contributed by atoms with Gasteiger partial charge in [-0.05, 0) is 50.8 Å². The van der Waals surface area contributed by atoms with Crippen LogP contribution in [0.25, 0.3) is 5.69 Å². The average molecular weight is 300 g/mol. The van der Waals surface area contributed by atoms with Crippen LogP contribution in [-0.2, 0) is 0 Å². The van der Waals surface area contributed by atoms with E-state index in [1.54, 1.807) is 0 Å². The summed E-state index contributed by atoms with van der Waals surface area (Å²) in [6, 6.07) is 10.3. The zero-order valence-electron chi connectivity index (χ0n) is 13.1. The second-order valence-electron chi connectivity index (χ2n) is 6.11. The summed E-state index contributed by atoms with van der Waals surface area (Å²) in [6.07, 6.45) is 5.35. The van der Waals surface area contributed by atoms with Gasteiger partial charge in [-0.15, -0.1) is 5.10 Å². The van der Waals surface area contributed by atoms with Gasteiger partial charge in [0.05, 0.1) is 23.6 Å². The first-order valence-electron chi connectivity index (χ1n) is 8.10. The van der Waals surface area contributed by atoms with Crippen LogP contribution >= 0.6 is 0 Å². The molecule has 3 rings (SSSR count). The number of hydrogen-bond acceptors (Lipinski definition) is 4. The summed E-state index contributed by atoms with van der Waals surface area (Å²) >= 11 is 0. The standard InChI is InChI=1S/C17H24N4O/c1-14(20-10-5-6-15(12-20)9-11-22)17-13-21(19-18-17)16-7-3-2-4-8-16/h2-4,7-8,13-15,22H,5-6,9-12H2,1H3. The lowest BCUT2D eigenvalue weighted by atomic mass is 9.94. The van der Waals surface area contributed by atoms with Crippen LogP contribution in [-0.4, -0.2) is 44.7 Å². The third-order valence-corrected chi connectivity index (χ3v) is 4.60. The van der Waals surface area contributed by atoms with Crippen molar-refractivity contribution < 1.29 is 5.11 Å². The summed E-state index contributed by atoms with van der Waals surface area (Å²) in [6.45, 7) is 4.62. The van der Waals surface area contributed by atoms with Crippen LogP contribution in [0.3, 0.4) is 0 Å². The molecule has 2 unspecified atom stereocenters. The van der Waals surface area contributed by atoms with E-state index < -0.39 is 0 Å². The number of para-hydroxylation sites is 1. The van der Waals surface area contributed by atoms with Gasteiger partial charge in [-0.1, -0.05) is 23.4 Å². The van der Waals surface area contributed by atoms with Crippen LogP contribution < -0.4 is 0 Å². The molecule has 118 valence electrons. The summed E-state index contributed by atoms with van der Waals surface area (Å²) in [4.78, 5) is 2.46. The minimum Gasteiger partial charge on any atom is -0.396 e. The van der Waals surface area contributed by atoms with Crippen molar-refractivity contribution in [1.82, 2.24) is 19.9 Å². The van der Waals surface area contributed by atoms with Crippen molar-refractivity contribution in [3.63, 3.8) is 0 Å². The van der Waals surface area contributed by atoms with Gasteiger partial charge in [-0.25, -0.2) is 4.68 Å². The lowest BCUT2D eigenvalue weighted by Crippen LogP contribution is -2.37. The highest BCUT2D eigenvalue weighted by Gasteiger charge is 2.25. The fourth-order valence-electron chi connectivity index (χ4n) is 3.23. The number of benzene rings is 1. The molecule has 0 bridgehead atoms. The number of rotatable bonds is 5. The van der Waals surface area contributed by atoms with E-state index >= 15 is 0 Å². The van der Waals surface area contributed by atoms with E-state index in [2.05, 4.69) is 22.1 Å². The van der Waals surface area contributed by atoms with Gasteiger partial charge in [0, 0.05) is 13.2 Å². The molecule has 1 saturated heterocycles. The lowest BCUT2D eigenvalue weighted by Gasteiger charge is -2.35. The Labute approximate surface area is 131 Å². The molecule has 0 radical (unpaired) electrons.